The molecule has 8 nitrogen and oxygen atoms in total. The summed E-state index contributed by atoms with van der Waals surface area (Å²) in [5, 5.41) is 2.42. The van der Waals surface area contributed by atoms with E-state index in [0.29, 0.717) is 29.4 Å². The molecule has 0 bridgehead atoms. The Balaban J connectivity index is 1.36. The molecule has 1 saturated heterocycles. The van der Waals surface area contributed by atoms with E-state index in [1.165, 1.54) is 22.9 Å². The summed E-state index contributed by atoms with van der Waals surface area (Å²) in [6.07, 6.45) is 3.33. The minimum absolute atomic E-state index is 0.0914. The van der Waals surface area contributed by atoms with Gasteiger partial charge in [-0.15, -0.1) is 0 Å². The van der Waals surface area contributed by atoms with E-state index in [1.54, 1.807) is 13.2 Å². The number of ether oxygens (including phenoxy) is 2. The van der Waals surface area contributed by atoms with E-state index in [4.69, 9.17) is 9.47 Å². The molecule has 4 amide bonds. The first kappa shape index (κ1) is 31.0. The second kappa shape index (κ2) is 12.9. The molecule has 1 N–H and O–H groups in total. The second-order valence-corrected chi connectivity index (χ2v) is 13.1. The SMILES string of the molecule is CCOc1c(I)cc(/C=C2\C(=O)NC(=O)N(c3cc4c5c(c3)[C@@H](c3ccccc3)CCN5CC[C@@H]4c3ccccc3)C2=O)cc1OC. The highest BCUT2D eigenvalue weighted by Crippen LogP contribution is 2.50. The molecular formula is C38H34IN3O5. The Kier molecular flexibility index (Phi) is 8.48. The molecule has 0 unspecified atom stereocenters. The molecule has 0 aliphatic carbocycles. The topological polar surface area (TPSA) is 88.2 Å². The molecule has 1 fully saturated rings. The van der Waals surface area contributed by atoms with Crippen LogP contribution in [-0.4, -0.2) is 44.7 Å². The molecule has 3 heterocycles. The zero-order valence-electron chi connectivity index (χ0n) is 26.2. The fourth-order valence-corrected chi connectivity index (χ4v) is 7.92. The van der Waals surface area contributed by atoms with Gasteiger partial charge in [0.25, 0.3) is 11.8 Å². The Hall–Kier alpha value is -4.64. The van der Waals surface area contributed by atoms with Gasteiger partial charge in [0.15, 0.2) is 11.5 Å². The number of carbonyl (C=O) groups is 3. The van der Waals surface area contributed by atoms with Crippen molar-refractivity contribution in [2.24, 2.45) is 0 Å². The van der Waals surface area contributed by atoms with Crippen LogP contribution in [0, 0.1) is 3.57 Å². The maximum absolute atomic E-state index is 14.2. The number of nitrogens with one attached hydrogen (secondary N) is 1. The van der Waals surface area contributed by atoms with Crippen molar-refractivity contribution in [2.75, 3.05) is 36.6 Å². The summed E-state index contributed by atoms with van der Waals surface area (Å²) in [5.74, 6) is -0.160. The predicted octanol–water partition coefficient (Wildman–Crippen LogP) is 7.24. The van der Waals surface area contributed by atoms with Crippen molar-refractivity contribution in [1.29, 1.82) is 0 Å². The van der Waals surface area contributed by atoms with Crippen molar-refractivity contribution in [3.8, 4) is 11.5 Å². The molecule has 238 valence electrons. The molecule has 3 aliphatic rings. The maximum Gasteiger partial charge on any atom is 0.335 e. The first-order valence-corrected chi connectivity index (χ1v) is 16.9. The van der Waals surface area contributed by atoms with Crippen LogP contribution >= 0.6 is 22.6 Å². The first-order valence-electron chi connectivity index (χ1n) is 15.8. The molecule has 3 aliphatic heterocycles. The van der Waals surface area contributed by atoms with E-state index in [1.807, 2.05) is 61.5 Å². The third-order valence-electron chi connectivity index (χ3n) is 9.21. The van der Waals surface area contributed by atoms with Crippen LogP contribution in [0.2, 0.25) is 0 Å². The van der Waals surface area contributed by atoms with Crippen LogP contribution in [0.15, 0.2) is 90.5 Å². The van der Waals surface area contributed by atoms with Gasteiger partial charge in [-0.3, -0.25) is 14.9 Å². The lowest BCUT2D eigenvalue weighted by molar-refractivity contribution is -0.122. The summed E-state index contributed by atoms with van der Waals surface area (Å²) in [6.45, 7) is 4.20. The first-order chi connectivity index (χ1) is 22.9. The number of imide groups is 2. The standard InChI is InChI=1S/C38H34IN3O5/c1-3-47-35-32(39)19-23(20-33(35)46-2)18-31-36(43)40-38(45)42(37(31)44)26-21-29-27(24-10-6-4-7-11-24)14-16-41-17-15-28(30(22-26)34(29)41)25-12-8-5-9-13-25/h4-13,18-22,27-28H,3,14-17H2,1-2H3,(H,40,43,45)/b31-18+/t27-,28-/m1/s1. The van der Waals surface area contributed by atoms with Crippen LogP contribution in [0.1, 0.15) is 59.4 Å². The highest BCUT2D eigenvalue weighted by atomic mass is 127. The predicted molar refractivity (Wildman–Crippen MR) is 190 cm³/mol. The van der Waals surface area contributed by atoms with Crippen LogP contribution in [-0.2, 0) is 9.59 Å². The number of hydrogen-bond donors (Lipinski definition) is 1. The number of rotatable bonds is 7. The van der Waals surface area contributed by atoms with E-state index in [9.17, 15) is 14.4 Å². The van der Waals surface area contributed by atoms with Gasteiger partial charge in [-0.2, -0.15) is 0 Å². The quantitative estimate of drug-likeness (QED) is 0.122. The van der Waals surface area contributed by atoms with Crippen LogP contribution in [0.25, 0.3) is 6.08 Å². The van der Waals surface area contributed by atoms with E-state index < -0.39 is 17.8 Å². The molecule has 0 saturated carbocycles. The van der Waals surface area contributed by atoms with Gasteiger partial charge in [-0.25, -0.2) is 9.69 Å². The molecular weight excluding hydrogens is 705 g/mol. The van der Waals surface area contributed by atoms with E-state index in [2.05, 4.69) is 57.1 Å². The van der Waals surface area contributed by atoms with Gasteiger partial charge in [-0.05, 0) is 101 Å². The number of hydrogen-bond acceptors (Lipinski definition) is 6. The van der Waals surface area contributed by atoms with Gasteiger partial charge in [0.2, 0.25) is 0 Å². The summed E-state index contributed by atoms with van der Waals surface area (Å²) in [4.78, 5) is 44.5. The van der Waals surface area contributed by atoms with E-state index in [-0.39, 0.29) is 17.4 Å². The minimum Gasteiger partial charge on any atom is -0.493 e. The van der Waals surface area contributed by atoms with E-state index >= 15 is 0 Å². The molecule has 4 aromatic rings. The molecule has 0 spiro atoms. The third-order valence-corrected chi connectivity index (χ3v) is 10.0. The van der Waals surface area contributed by atoms with Gasteiger partial charge in [0.1, 0.15) is 5.57 Å². The number of amides is 4. The Morgan fingerprint density at radius 2 is 1.47 bits per heavy atom. The molecule has 0 aromatic heterocycles. The smallest absolute Gasteiger partial charge is 0.335 e. The Bertz CT molecular complexity index is 1840. The fraction of sp³-hybridized carbons (Fsp3) is 0.237. The highest BCUT2D eigenvalue weighted by Gasteiger charge is 2.40. The van der Waals surface area contributed by atoms with Crippen LogP contribution in [0.4, 0.5) is 16.2 Å². The van der Waals surface area contributed by atoms with Crippen molar-refractivity contribution >= 4 is 57.9 Å². The molecule has 7 rings (SSSR count). The lowest BCUT2D eigenvalue weighted by atomic mass is 9.76. The summed E-state index contributed by atoms with van der Waals surface area (Å²) in [6, 6.07) is 27.5. The number of anilines is 2. The maximum atomic E-state index is 14.2. The molecule has 0 radical (unpaired) electrons. The highest BCUT2D eigenvalue weighted by molar-refractivity contribution is 14.1. The minimum atomic E-state index is -0.765. The number of barbiturate groups is 1. The van der Waals surface area contributed by atoms with Crippen molar-refractivity contribution < 1.29 is 23.9 Å². The second-order valence-electron chi connectivity index (χ2n) is 11.9. The van der Waals surface area contributed by atoms with E-state index in [0.717, 1.165) is 45.5 Å². The summed E-state index contributed by atoms with van der Waals surface area (Å²) in [5.41, 5.74) is 6.63. The van der Waals surface area contributed by atoms with Crippen LogP contribution in [0.3, 0.4) is 0 Å². The fourth-order valence-electron chi connectivity index (χ4n) is 7.13. The monoisotopic (exact) mass is 739 g/mol. The average Bonchev–Trinajstić information content (AvgIpc) is 3.08. The third kappa shape index (κ3) is 5.66. The number of urea groups is 1. The number of methoxy groups -OCH3 is 1. The zero-order chi connectivity index (χ0) is 32.7. The van der Waals surface area contributed by atoms with Crippen molar-refractivity contribution in [1.82, 2.24) is 5.32 Å². The van der Waals surface area contributed by atoms with Gasteiger partial charge in [-0.1, -0.05) is 60.7 Å². The molecule has 4 aromatic carbocycles. The van der Waals surface area contributed by atoms with Crippen molar-refractivity contribution in [2.45, 2.75) is 31.6 Å². The summed E-state index contributed by atoms with van der Waals surface area (Å²) < 4.78 is 12.1. The zero-order valence-corrected chi connectivity index (χ0v) is 28.3. The number of nitrogens with zero attached hydrogens (tertiary/aromatic N) is 2. The van der Waals surface area contributed by atoms with Gasteiger partial charge in [0, 0.05) is 30.6 Å². The Morgan fingerprint density at radius 3 is 2.02 bits per heavy atom. The lowest BCUT2D eigenvalue weighted by Crippen LogP contribution is -2.54. The van der Waals surface area contributed by atoms with Crippen LogP contribution < -0.4 is 24.6 Å². The average molecular weight is 740 g/mol. The van der Waals surface area contributed by atoms with Gasteiger partial charge < -0.3 is 14.4 Å². The van der Waals surface area contributed by atoms with Gasteiger partial charge in [0.05, 0.1) is 23.0 Å². The summed E-state index contributed by atoms with van der Waals surface area (Å²) >= 11 is 2.14. The normalized spacial score (nSPS) is 19.8. The van der Waals surface area contributed by atoms with Crippen molar-refractivity contribution in [3.63, 3.8) is 0 Å². The van der Waals surface area contributed by atoms with Gasteiger partial charge >= 0.3 is 6.03 Å². The Morgan fingerprint density at radius 1 is 0.872 bits per heavy atom. The summed E-state index contributed by atoms with van der Waals surface area (Å²) in [7, 11) is 1.54. The number of halogens is 1. The lowest BCUT2D eigenvalue weighted by Gasteiger charge is -2.44. The molecule has 47 heavy (non-hydrogen) atoms. The largest absolute Gasteiger partial charge is 0.493 e. The number of benzene rings is 4. The van der Waals surface area contributed by atoms with Crippen molar-refractivity contribution in [3.05, 3.63) is 122 Å². The van der Waals surface area contributed by atoms with Crippen LogP contribution in [0.5, 0.6) is 11.5 Å². The number of carbonyl (C=O) groups excluding carboxylic acids is 3. The molecule has 2 atom stereocenters. The molecule has 9 heteroatoms. The Labute approximate surface area is 287 Å².